The molecule has 6 atom stereocenters. The molecule has 2 fully saturated rings. The molecule has 0 aliphatic heterocycles. The number of allylic oxidation sites excluding steroid dienone is 4. The molecule has 0 amide bonds. The first-order chi connectivity index (χ1) is 11.9. The van der Waals surface area contributed by atoms with Gasteiger partial charge in [-0.05, 0) is 74.0 Å². The Bertz CT molecular complexity index is 403. The molecule has 0 N–H and O–H groups in total. The predicted octanol–water partition coefficient (Wildman–Crippen LogP) is 7.31. The Kier molecular flexibility index (Phi) is 5.81. The number of rotatable bonds is 11. The highest BCUT2D eigenvalue weighted by molar-refractivity contribution is 5.10. The third-order valence-corrected chi connectivity index (χ3v) is 7.73. The maximum Gasteiger partial charge on any atom is -0.0199 e. The molecule has 134 valence electrons. The average Bonchev–Trinajstić information content (AvgIpc) is 3.37. The second-order valence-corrected chi connectivity index (χ2v) is 9.49. The Labute approximate surface area is 150 Å². The van der Waals surface area contributed by atoms with Crippen LogP contribution in [0.2, 0.25) is 0 Å². The van der Waals surface area contributed by atoms with Crippen LogP contribution in [0, 0.1) is 35.5 Å². The molecule has 0 spiro atoms. The van der Waals surface area contributed by atoms with Gasteiger partial charge in [0.15, 0.2) is 0 Å². The van der Waals surface area contributed by atoms with Gasteiger partial charge in [-0.25, -0.2) is 0 Å². The minimum absolute atomic E-state index is 0.968. The molecular formula is C24H38. The van der Waals surface area contributed by atoms with Crippen LogP contribution >= 0.6 is 0 Å². The largest absolute Gasteiger partial charge is 0.0851 e. The lowest BCUT2D eigenvalue weighted by Gasteiger charge is -2.17. The van der Waals surface area contributed by atoms with Crippen LogP contribution in [0.5, 0.6) is 0 Å². The zero-order valence-corrected chi connectivity index (χ0v) is 15.7. The molecule has 6 unspecified atom stereocenters. The van der Waals surface area contributed by atoms with Gasteiger partial charge in [-0.1, -0.05) is 75.7 Å². The van der Waals surface area contributed by atoms with E-state index in [1.807, 2.05) is 0 Å². The Morgan fingerprint density at radius 3 is 1.21 bits per heavy atom. The summed E-state index contributed by atoms with van der Waals surface area (Å²) in [5.74, 6) is 5.99. The van der Waals surface area contributed by atoms with E-state index in [9.17, 15) is 0 Å². The Morgan fingerprint density at radius 1 is 0.458 bits per heavy atom. The summed E-state index contributed by atoms with van der Waals surface area (Å²) in [5, 5.41) is 0. The minimum Gasteiger partial charge on any atom is -0.0851 e. The molecule has 0 aromatic rings. The van der Waals surface area contributed by atoms with Gasteiger partial charge in [0.2, 0.25) is 0 Å². The highest BCUT2D eigenvalue weighted by Gasteiger charge is 2.35. The third kappa shape index (κ3) is 4.17. The SMILES string of the molecule is C1=CC2CC1CC2CCCCCCCCCCC1CC2C=CC1C2. The van der Waals surface area contributed by atoms with Crippen LogP contribution in [0.1, 0.15) is 89.9 Å². The van der Waals surface area contributed by atoms with Crippen molar-refractivity contribution in [2.45, 2.75) is 89.9 Å². The predicted molar refractivity (Wildman–Crippen MR) is 104 cm³/mol. The summed E-state index contributed by atoms with van der Waals surface area (Å²) in [6.07, 6.45) is 31.0. The van der Waals surface area contributed by atoms with Gasteiger partial charge in [0.1, 0.15) is 0 Å². The first kappa shape index (κ1) is 16.9. The van der Waals surface area contributed by atoms with Crippen molar-refractivity contribution in [2.75, 3.05) is 0 Å². The highest BCUT2D eigenvalue weighted by Crippen LogP contribution is 2.46. The van der Waals surface area contributed by atoms with Crippen LogP contribution < -0.4 is 0 Å². The zero-order valence-electron chi connectivity index (χ0n) is 15.7. The van der Waals surface area contributed by atoms with Gasteiger partial charge in [-0.15, -0.1) is 0 Å². The average molecular weight is 327 g/mol. The van der Waals surface area contributed by atoms with Crippen molar-refractivity contribution < 1.29 is 0 Å². The van der Waals surface area contributed by atoms with Crippen LogP contribution in [0.4, 0.5) is 0 Å². The van der Waals surface area contributed by atoms with E-state index in [2.05, 4.69) is 24.3 Å². The lowest BCUT2D eigenvalue weighted by molar-refractivity contribution is 0.388. The summed E-state index contributed by atoms with van der Waals surface area (Å²) in [6.45, 7) is 0. The molecule has 0 saturated heterocycles. The molecule has 0 aromatic heterocycles. The molecule has 4 aliphatic carbocycles. The second kappa shape index (κ2) is 8.24. The molecule has 2 saturated carbocycles. The summed E-state index contributed by atoms with van der Waals surface area (Å²) < 4.78 is 0. The van der Waals surface area contributed by atoms with Gasteiger partial charge in [0.05, 0.1) is 0 Å². The van der Waals surface area contributed by atoms with Crippen LogP contribution in [-0.4, -0.2) is 0 Å². The Balaban J connectivity index is 0.938. The molecule has 4 bridgehead atoms. The smallest absolute Gasteiger partial charge is 0.0199 e. The normalized spacial score (nSPS) is 38.7. The van der Waals surface area contributed by atoms with Crippen LogP contribution in [0.25, 0.3) is 0 Å². The van der Waals surface area contributed by atoms with Crippen molar-refractivity contribution in [3.05, 3.63) is 24.3 Å². The minimum atomic E-state index is 0.968. The summed E-state index contributed by atoms with van der Waals surface area (Å²) >= 11 is 0. The maximum absolute atomic E-state index is 2.52. The molecular weight excluding hydrogens is 288 g/mol. The van der Waals surface area contributed by atoms with Gasteiger partial charge in [0.25, 0.3) is 0 Å². The van der Waals surface area contributed by atoms with Crippen LogP contribution in [-0.2, 0) is 0 Å². The molecule has 0 aromatic carbocycles. The quantitative estimate of drug-likeness (QED) is 0.276. The van der Waals surface area contributed by atoms with E-state index in [0.29, 0.717) is 0 Å². The monoisotopic (exact) mass is 326 g/mol. The molecule has 0 heterocycles. The summed E-state index contributed by atoms with van der Waals surface area (Å²) in [5.41, 5.74) is 0. The van der Waals surface area contributed by atoms with Crippen molar-refractivity contribution >= 4 is 0 Å². The first-order valence-corrected chi connectivity index (χ1v) is 11.2. The van der Waals surface area contributed by atoms with Gasteiger partial charge in [-0.2, -0.15) is 0 Å². The van der Waals surface area contributed by atoms with Gasteiger partial charge in [-0.3, -0.25) is 0 Å². The fourth-order valence-corrected chi connectivity index (χ4v) is 6.33. The summed E-state index contributed by atoms with van der Waals surface area (Å²) in [7, 11) is 0. The van der Waals surface area contributed by atoms with Crippen molar-refractivity contribution in [1.29, 1.82) is 0 Å². The molecule has 0 heteroatoms. The fraction of sp³-hybridized carbons (Fsp3) is 0.833. The maximum atomic E-state index is 2.52. The number of unbranched alkanes of at least 4 members (excludes halogenated alkanes) is 7. The molecule has 4 rings (SSSR count). The van der Waals surface area contributed by atoms with Crippen molar-refractivity contribution in [3.63, 3.8) is 0 Å². The van der Waals surface area contributed by atoms with E-state index in [4.69, 9.17) is 0 Å². The third-order valence-electron chi connectivity index (χ3n) is 7.73. The molecule has 4 aliphatic rings. The van der Waals surface area contributed by atoms with Crippen molar-refractivity contribution in [2.24, 2.45) is 35.5 Å². The van der Waals surface area contributed by atoms with Crippen LogP contribution in [0.3, 0.4) is 0 Å². The molecule has 0 nitrogen and oxygen atoms in total. The van der Waals surface area contributed by atoms with Gasteiger partial charge >= 0.3 is 0 Å². The van der Waals surface area contributed by atoms with E-state index in [0.717, 1.165) is 35.5 Å². The lowest BCUT2D eigenvalue weighted by Crippen LogP contribution is -2.06. The summed E-state index contributed by atoms with van der Waals surface area (Å²) in [6, 6.07) is 0. The summed E-state index contributed by atoms with van der Waals surface area (Å²) in [4.78, 5) is 0. The number of hydrogen-bond donors (Lipinski definition) is 0. The van der Waals surface area contributed by atoms with Crippen molar-refractivity contribution in [1.82, 2.24) is 0 Å². The standard InChI is InChI=1S/C24H38/c1(3-5-7-9-21-15-19-11-13-23(21)17-19)2-4-6-8-10-22-16-20-12-14-24(22)18-20/h11-14,19-24H,1-10,15-18H2. The van der Waals surface area contributed by atoms with E-state index >= 15 is 0 Å². The fourth-order valence-electron chi connectivity index (χ4n) is 6.33. The Hall–Kier alpha value is -0.520. The van der Waals surface area contributed by atoms with E-state index < -0.39 is 0 Å². The van der Waals surface area contributed by atoms with Crippen LogP contribution in [0.15, 0.2) is 24.3 Å². The zero-order chi connectivity index (χ0) is 16.2. The first-order valence-electron chi connectivity index (χ1n) is 11.2. The Morgan fingerprint density at radius 2 is 0.875 bits per heavy atom. The number of fused-ring (bicyclic) bond motifs is 4. The van der Waals surface area contributed by atoms with E-state index in [-0.39, 0.29) is 0 Å². The number of hydrogen-bond acceptors (Lipinski definition) is 0. The second-order valence-electron chi connectivity index (χ2n) is 9.49. The van der Waals surface area contributed by atoms with Crippen molar-refractivity contribution in [3.8, 4) is 0 Å². The topological polar surface area (TPSA) is 0 Å². The van der Waals surface area contributed by atoms with Gasteiger partial charge < -0.3 is 0 Å². The van der Waals surface area contributed by atoms with Gasteiger partial charge in [0, 0.05) is 0 Å². The van der Waals surface area contributed by atoms with E-state index in [1.54, 1.807) is 0 Å². The molecule has 24 heavy (non-hydrogen) atoms. The molecule has 0 radical (unpaired) electrons. The van der Waals surface area contributed by atoms with E-state index in [1.165, 1.54) is 89.9 Å². The lowest BCUT2D eigenvalue weighted by atomic mass is 9.88. The highest BCUT2D eigenvalue weighted by atomic mass is 14.4.